The number of amides is 1. The molecule has 0 saturated carbocycles. The summed E-state index contributed by atoms with van der Waals surface area (Å²) in [5, 5.41) is 2.80. The molecule has 3 aromatic rings. The van der Waals surface area contributed by atoms with Crippen molar-refractivity contribution in [2.45, 2.75) is 4.90 Å². The van der Waals surface area contributed by atoms with E-state index >= 15 is 0 Å². The van der Waals surface area contributed by atoms with E-state index in [0.29, 0.717) is 5.69 Å². The Balaban J connectivity index is 1.84. The van der Waals surface area contributed by atoms with Crippen molar-refractivity contribution in [1.29, 1.82) is 0 Å². The third-order valence-corrected chi connectivity index (χ3v) is 5.25. The maximum atomic E-state index is 12.4. The minimum absolute atomic E-state index is 0.00661. The number of carbonyl (C=O) groups is 1. The summed E-state index contributed by atoms with van der Waals surface area (Å²) in [6, 6.07) is 17.0. The first-order chi connectivity index (χ1) is 12.3. The number of nitrogens with zero attached hydrogens (tertiary/aromatic N) is 1. The fraction of sp³-hybridized carbons (Fsp3) is 0.0526. The topological polar surface area (TPSA) is 76.1 Å². The third-order valence-electron chi connectivity index (χ3n) is 3.67. The zero-order valence-corrected chi connectivity index (χ0v) is 15.4. The van der Waals surface area contributed by atoms with Crippen molar-refractivity contribution < 1.29 is 13.2 Å². The van der Waals surface area contributed by atoms with Gasteiger partial charge in [-0.05, 0) is 42.5 Å². The standard InChI is InChI=1S/C19H15ClN2O3S/c1-26(24,25)18-9-8-14(12-16(18)20)19(23)22-15-6-4-5-13(11-15)17-7-2-3-10-21-17/h2-12H,1H3,(H,22,23). The molecule has 1 aromatic heterocycles. The largest absolute Gasteiger partial charge is 0.322 e. The van der Waals surface area contributed by atoms with Crippen LogP contribution in [0.25, 0.3) is 11.3 Å². The summed E-state index contributed by atoms with van der Waals surface area (Å²) >= 11 is 6.00. The van der Waals surface area contributed by atoms with Crippen LogP contribution in [0.3, 0.4) is 0 Å². The van der Waals surface area contributed by atoms with E-state index in [2.05, 4.69) is 10.3 Å². The molecule has 0 fully saturated rings. The monoisotopic (exact) mass is 386 g/mol. The summed E-state index contributed by atoms with van der Waals surface area (Å²) in [5.41, 5.74) is 2.53. The number of hydrogen-bond donors (Lipinski definition) is 1. The zero-order chi connectivity index (χ0) is 18.7. The smallest absolute Gasteiger partial charge is 0.255 e. The van der Waals surface area contributed by atoms with Gasteiger partial charge in [0, 0.05) is 29.3 Å². The van der Waals surface area contributed by atoms with E-state index < -0.39 is 9.84 Å². The molecule has 1 heterocycles. The summed E-state index contributed by atoms with van der Waals surface area (Å²) in [6.45, 7) is 0. The number of hydrogen-bond acceptors (Lipinski definition) is 4. The molecule has 0 bridgehead atoms. The van der Waals surface area contributed by atoms with Crippen molar-refractivity contribution in [2.75, 3.05) is 11.6 Å². The van der Waals surface area contributed by atoms with Crippen LogP contribution in [0.4, 0.5) is 5.69 Å². The van der Waals surface area contributed by atoms with E-state index in [1.165, 1.54) is 18.2 Å². The maximum Gasteiger partial charge on any atom is 0.255 e. The van der Waals surface area contributed by atoms with Gasteiger partial charge in [-0.3, -0.25) is 9.78 Å². The van der Waals surface area contributed by atoms with Crippen LogP contribution in [0.1, 0.15) is 10.4 Å². The highest BCUT2D eigenvalue weighted by Gasteiger charge is 2.15. The van der Waals surface area contributed by atoms with Gasteiger partial charge in [-0.25, -0.2) is 8.42 Å². The quantitative estimate of drug-likeness (QED) is 0.733. The number of aromatic nitrogens is 1. The Morgan fingerprint density at radius 1 is 1.04 bits per heavy atom. The summed E-state index contributed by atoms with van der Waals surface area (Å²) in [5.74, 6) is -0.384. The molecule has 132 valence electrons. The number of nitrogens with one attached hydrogen (secondary N) is 1. The van der Waals surface area contributed by atoms with Crippen LogP contribution in [-0.2, 0) is 9.84 Å². The van der Waals surface area contributed by atoms with Crippen molar-refractivity contribution >= 4 is 33.0 Å². The van der Waals surface area contributed by atoms with Crippen LogP contribution in [0.5, 0.6) is 0 Å². The average molecular weight is 387 g/mol. The van der Waals surface area contributed by atoms with E-state index in [0.717, 1.165) is 17.5 Å². The minimum atomic E-state index is -3.44. The van der Waals surface area contributed by atoms with Crippen molar-refractivity contribution in [2.24, 2.45) is 0 Å². The minimum Gasteiger partial charge on any atom is -0.322 e. The molecule has 7 heteroatoms. The molecule has 0 unspecified atom stereocenters. The highest BCUT2D eigenvalue weighted by atomic mass is 35.5. The van der Waals surface area contributed by atoms with E-state index in [1.807, 2.05) is 36.4 Å². The number of carbonyl (C=O) groups excluding carboxylic acids is 1. The van der Waals surface area contributed by atoms with Crippen LogP contribution < -0.4 is 5.32 Å². The molecule has 0 atom stereocenters. The zero-order valence-electron chi connectivity index (χ0n) is 13.8. The van der Waals surface area contributed by atoms with Gasteiger partial charge >= 0.3 is 0 Å². The number of halogens is 1. The first-order valence-electron chi connectivity index (χ1n) is 7.67. The van der Waals surface area contributed by atoms with E-state index in [4.69, 9.17) is 11.6 Å². The lowest BCUT2D eigenvalue weighted by atomic mass is 10.1. The van der Waals surface area contributed by atoms with E-state index in [9.17, 15) is 13.2 Å². The molecule has 0 saturated heterocycles. The van der Waals surface area contributed by atoms with Gasteiger partial charge in [-0.2, -0.15) is 0 Å². The summed E-state index contributed by atoms with van der Waals surface area (Å²) in [4.78, 5) is 16.7. The van der Waals surface area contributed by atoms with Crippen molar-refractivity contribution in [3.63, 3.8) is 0 Å². The Kier molecular flexibility index (Phi) is 5.06. The second-order valence-corrected chi connectivity index (χ2v) is 8.06. The van der Waals surface area contributed by atoms with Crippen LogP contribution >= 0.6 is 11.6 Å². The molecule has 26 heavy (non-hydrogen) atoms. The van der Waals surface area contributed by atoms with Gasteiger partial charge in [0.2, 0.25) is 0 Å². The molecule has 5 nitrogen and oxygen atoms in total. The number of anilines is 1. The Hall–Kier alpha value is -2.70. The van der Waals surface area contributed by atoms with Crippen molar-refractivity contribution in [3.8, 4) is 11.3 Å². The van der Waals surface area contributed by atoms with Gasteiger partial charge in [0.15, 0.2) is 9.84 Å². The molecule has 1 amide bonds. The van der Waals surface area contributed by atoms with Gasteiger partial charge < -0.3 is 5.32 Å². The highest BCUT2D eigenvalue weighted by molar-refractivity contribution is 7.90. The van der Waals surface area contributed by atoms with Gasteiger partial charge in [-0.15, -0.1) is 0 Å². The van der Waals surface area contributed by atoms with Gasteiger partial charge in [0.25, 0.3) is 5.91 Å². The Morgan fingerprint density at radius 2 is 1.85 bits per heavy atom. The second kappa shape index (κ2) is 7.27. The molecule has 1 N–H and O–H groups in total. The fourth-order valence-corrected chi connectivity index (χ4v) is 3.77. The molecule has 0 spiro atoms. The van der Waals surface area contributed by atoms with Crippen molar-refractivity contribution in [3.05, 3.63) is 77.4 Å². The predicted molar refractivity (Wildman–Crippen MR) is 102 cm³/mol. The number of sulfone groups is 1. The Bertz CT molecular complexity index is 1070. The molecule has 0 radical (unpaired) electrons. The normalized spacial score (nSPS) is 11.2. The number of benzene rings is 2. The van der Waals surface area contributed by atoms with Gasteiger partial charge in [0.05, 0.1) is 15.6 Å². The SMILES string of the molecule is CS(=O)(=O)c1ccc(C(=O)Nc2cccc(-c3ccccn3)c2)cc1Cl. The first kappa shape index (κ1) is 18.1. The van der Waals surface area contributed by atoms with Crippen LogP contribution in [0.2, 0.25) is 5.02 Å². The molecule has 3 rings (SSSR count). The van der Waals surface area contributed by atoms with E-state index in [-0.39, 0.29) is 21.4 Å². The second-order valence-electron chi connectivity index (χ2n) is 5.67. The predicted octanol–water partition coefficient (Wildman–Crippen LogP) is 4.06. The third kappa shape index (κ3) is 4.09. The first-order valence-corrected chi connectivity index (χ1v) is 9.94. The Morgan fingerprint density at radius 3 is 2.50 bits per heavy atom. The molecule has 0 aliphatic rings. The lowest BCUT2D eigenvalue weighted by Gasteiger charge is -2.09. The maximum absolute atomic E-state index is 12.4. The molecule has 0 aliphatic heterocycles. The highest BCUT2D eigenvalue weighted by Crippen LogP contribution is 2.24. The van der Waals surface area contributed by atoms with Crippen LogP contribution in [-0.4, -0.2) is 25.6 Å². The van der Waals surface area contributed by atoms with Crippen molar-refractivity contribution in [1.82, 2.24) is 4.98 Å². The van der Waals surface area contributed by atoms with Gasteiger partial charge in [-0.1, -0.05) is 29.8 Å². The fourth-order valence-electron chi connectivity index (χ4n) is 2.44. The summed E-state index contributed by atoms with van der Waals surface area (Å²) in [6.07, 6.45) is 2.77. The summed E-state index contributed by atoms with van der Waals surface area (Å²) in [7, 11) is -3.44. The molecule has 2 aromatic carbocycles. The van der Waals surface area contributed by atoms with Gasteiger partial charge in [0.1, 0.15) is 0 Å². The van der Waals surface area contributed by atoms with E-state index in [1.54, 1.807) is 12.3 Å². The molecule has 0 aliphatic carbocycles. The van der Waals surface area contributed by atoms with Crippen LogP contribution in [0, 0.1) is 0 Å². The number of rotatable bonds is 4. The van der Waals surface area contributed by atoms with Crippen LogP contribution in [0.15, 0.2) is 71.8 Å². The summed E-state index contributed by atoms with van der Waals surface area (Å²) < 4.78 is 23.2. The Labute approximate surface area is 156 Å². The lowest BCUT2D eigenvalue weighted by Crippen LogP contribution is -2.12. The number of pyridine rings is 1. The lowest BCUT2D eigenvalue weighted by molar-refractivity contribution is 0.102. The molecular weight excluding hydrogens is 372 g/mol. The average Bonchev–Trinajstić information content (AvgIpc) is 2.61. The molecular formula is C19H15ClN2O3S.